The van der Waals surface area contributed by atoms with Crippen LogP contribution < -0.4 is 14.4 Å². The summed E-state index contributed by atoms with van der Waals surface area (Å²) in [6.45, 7) is 6.18. The van der Waals surface area contributed by atoms with Gasteiger partial charge in [0.25, 0.3) is 0 Å². The summed E-state index contributed by atoms with van der Waals surface area (Å²) in [5.41, 5.74) is 11.4. The van der Waals surface area contributed by atoms with Crippen LogP contribution in [0.5, 0.6) is 23.0 Å². The topological polar surface area (TPSA) is 60.6 Å². The summed E-state index contributed by atoms with van der Waals surface area (Å²) in [6.07, 6.45) is 3.77. The van der Waals surface area contributed by atoms with Gasteiger partial charge < -0.3 is 23.9 Å². The molecule has 5 heterocycles. The molecule has 3 aromatic heterocycles. The van der Waals surface area contributed by atoms with E-state index in [1.165, 1.54) is 11.1 Å². The van der Waals surface area contributed by atoms with Gasteiger partial charge in [0.1, 0.15) is 5.69 Å². The van der Waals surface area contributed by atoms with Crippen molar-refractivity contribution in [2.45, 2.75) is 20.8 Å². The monoisotopic (exact) mass is 828 g/mol. The number of hydrogen-bond acceptors (Lipinski definition) is 6. The van der Waals surface area contributed by atoms with Gasteiger partial charge in [-0.2, -0.15) is 0 Å². The maximum Gasteiger partial charge on any atom is 0.197 e. The van der Waals surface area contributed by atoms with E-state index in [0.717, 1.165) is 78.7 Å². The maximum atomic E-state index is 6.60. The fourth-order valence-corrected chi connectivity index (χ4v) is 6.38. The van der Waals surface area contributed by atoms with Gasteiger partial charge in [0, 0.05) is 37.9 Å². The van der Waals surface area contributed by atoms with E-state index in [9.17, 15) is 0 Å². The molecule has 245 valence electrons. The molecule has 6 nitrogen and oxygen atoms in total. The van der Waals surface area contributed by atoms with Crippen LogP contribution >= 0.6 is 0 Å². The second-order valence-corrected chi connectivity index (χ2v) is 12.3. The minimum absolute atomic E-state index is 0. The molecular weight excluding hydrogens is 799 g/mol. The van der Waals surface area contributed by atoms with Gasteiger partial charge in [0.2, 0.25) is 0 Å². The Morgan fingerprint density at radius 2 is 1.34 bits per heavy atom. The van der Waals surface area contributed by atoms with Crippen LogP contribution in [-0.2, 0) is 20.1 Å². The zero-order valence-electron chi connectivity index (χ0n) is 27.4. The predicted octanol–water partition coefficient (Wildman–Crippen LogP) is 11.6. The molecule has 1 radical (unpaired) electrons. The first-order valence-electron chi connectivity index (χ1n) is 16.1. The molecule has 0 unspecified atom stereocenters. The number of benzene rings is 5. The van der Waals surface area contributed by atoms with E-state index in [-0.39, 0.29) is 20.1 Å². The van der Waals surface area contributed by atoms with Crippen molar-refractivity contribution < 1.29 is 34.0 Å². The quantitative estimate of drug-likeness (QED) is 0.162. The van der Waals surface area contributed by atoms with Crippen LogP contribution in [0.1, 0.15) is 16.7 Å². The molecule has 0 aliphatic carbocycles. The summed E-state index contributed by atoms with van der Waals surface area (Å²) in [5, 5.41) is 1.89. The first kappa shape index (κ1) is 31.5. The number of nitrogens with zero attached hydrogens (tertiary/aromatic N) is 3. The van der Waals surface area contributed by atoms with Crippen LogP contribution in [0.25, 0.3) is 44.5 Å². The van der Waals surface area contributed by atoms with Gasteiger partial charge in [-0.3, -0.25) is 4.90 Å². The first-order chi connectivity index (χ1) is 24.0. The molecule has 8 aromatic rings. The van der Waals surface area contributed by atoms with Crippen LogP contribution in [0.4, 0.5) is 17.1 Å². The molecule has 2 aliphatic heterocycles. The number of rotatable bonds is 2. The Morgan fingerprint density at radius 3 is 2.06 bits per heavy atom. The van der Waals surface area contributed by atoms with E-state index in [0.29, 0.717) is 11.3 Å². The van der Waals surface area contributed by atoms with Gasteiger partial charge in [-0.05, 0) is 73.6 Å². The SMILES string of the molecule is Cc1ccc(-c2[c-]cccc2)nc1.Cc1cnc(-c2[c-]ccc3c2oc2c4c5c(cc23)Oc2ccccc2N5c2ccccc2O4)cc1C.[Ir]. The van der Waals surface area contributed by atoms with Crippen LogP contribution in [0.2, 0.25) is 0 Å². The van der Waals surface area contributed by atoms with E-state index in [1.807, 2.05) is 98.2 Å². The predicted molar refractivity (Wildman–Crippen MR) is 193 cm³/mol. The van der Waals surface area contributed by atoms with Gasteiger partial charge in [0.05, 0.1) is 17.0 Å². The van der Waals surface area contributed by atoms with Crippen molar-refractivity contribution >= 4 is 39.0 Å². The summed E-state index contributed by atoms with van der Waals surface area (Å²) in [5.74, 6) is 2.94. The number of pyridine rings is 2. The van der Waals surface area contributed by atoms with Crippen molar-refractivity contribution in [1.29, 1.82) is 0 Å². The van der Waals surface area contributed by atoms with Gasteiger partial charge in [-0.1, -0.05) is 59.0 Å². The minimum atomic E-state index is 0. The third kappa shape index (κ3) is 5.23. The van der Waals surface area contributed by atoms with Gasteiger partial charge in [-0.25, -0.2) is 0 Å². The Labute approximate surface area is 303 Å². The first-order valence-corrected chi connectivity index (χ1v) is 16.1. The molecular formula is C43H29IrN3O3-2. The van der Waals surface area contributed by atoms with Crippen LogP contribution in [0.15, 0.2) is 126 Å². The second kappa shape index (κ2) is 12.6. The Kier molecular flexibility index (Phi) is 7.95. The zero-order valence-corrected chi connectivity index (χ0v) is 29.8. The van der Waals surface area contributed by atoms with Crippen molar-refractivity contribution in [3.05, 3.63) is 150 Å². The van der Waals surface area contributed by atoms with Gasteiger partial charge in [0.15, 0.2) is 28.6 Å². The molecule has 7 heteroatoms. The Bertz CT molecular complexity index is 2530. The summed E-state index contributed by atoms with van der Waals surface area (Å²) in [4.78, 5) is 11.2. The molecule has 0 N–H and O–H groups in total. The van der Waals surface area contributed by atoms with E-state index < -0.39 is 0 Å². The van der Waals surface area contributed by atoms with Crippen LogP contribution in [0, 0.1) is 32.9 Å². The summed E-state index contributed by atoms with van der Waals surface area (Å²) in [6, 6.07) is 42.6. The summed E-state index contributed by atoms with van der Waals surface area (Å²) < 4.78 is 19.6. The smallest absolute Gasteiger partial charge is 0.197 e. The van der Waals surface area contributed by atoms with Crippen molar-refractivity contribution in [2.24, 2.45) is 0 Å². The average Bonchev–Trinajstić information content (AvgIpc) is 3.52. The molecule has 50 heavy (non-hydrogen) atoms. The number of furan rings is 1. The summed E-state index contributed by atoms with van der Waals surface area (Å²) >= 11 is 0. The number of ether oxygens (including phenoxy) is 2. The molecule has 2 aliphatic rings. The Balaban J connectivity index is 0.000000218. The minimum Gasteiger partial charge on any atom is -0.497 e. The number of hydrogen-bond donors (Lipinski definition) is 0. The molecule has 0 saturated carbocycles. The van der Waals surface area contributed by atoms with Gasteiger partial charge in [-0.15, -0.1) is 54.1 Å². The standard InChI is InChI=1S/C31H19N2O3.C12H10N.Ir/c1-17-14-22(32-16-18(17)2)20-9-7-8-19-21-15-27-28-31(30(21)36-29(19)20)35-26-13-6-4-11-24(26)33(28)23-10-3-5-12-25(23)34-27;1-10-7-8-12(13-9-10)11-5-3-2-4-6-11;/h3-8,10-16H,1-2H3;2-5,7-9H,1H3;/q2*-1;. The van der Waals surface area contributed by atoms with E-state index >= 15 is 0 Å². The number of fused-ring (bicyclic) bond motifs is 8. The Hall–Kier alpha value is -5.75. The molecule has 0 fully saturated rings. The number of anilines is 3. The third-order valence-electron chi connectivity index (χ3n) is 9.01. The molecule has 0 bridgehead atoms. The normalized spacial score (nSPS) is 12.0. The molecule has 10 rings (SSSR count). The number of aromatic nitrogens is 2. The summed E-state index contributed by atoms with van der Waals surface area (Å²) in [7, 11) is 0. The molecule has 5 aromatic carbocycles. The maximum absolute atomic E-state index is 6.60. The van der Waals surface area contributed by atoms with Gasteiger partial charge >= 0.3 is 0 Å². The van der Waals surface area contributed by atoms with Crippen LogP contribution in [-0.4, -0.2) is 9.97 Å². The largest absolute Gasteiger partial charge is 0.497 e. The zero-order chi connectivity index (χ0) is 33.1. The van der Waals surface area contributed by atoms with Crippen molar-refractivity contribution in [2.75, 3.05) is 4.90 Å². The Morgan fingerprint density at radius 1 is 0.600 bits per heavy atom. The third-order valence-corrected chi connectivity index (χ3v) is 9.01. The number of para-hydroxylation sites is 4. The molecule has 0 atom stereocenters. The van der Waals surface area contributed by atoms with Crippen molar-refractivity contribution in [1.82, 2.24) is 9.97 Å². The molecule has 0 saturated heterocycles. The van der Waals surface area contributed by atoms with E-state index in [1.54, 1.807) is 0 Å². The van der Waals surface area contributed by atoms with E-state index in [4.69, 9.17) is 13.9 Å². The average molecular weight is 828 g/mol. The van der Waals surface area contributed by atoms with Crippen LogP contribution in [0.3, 0.4) is 0 Å². The number of aryl methyl sites for hydroxylation is 3. The molecule has 0 amide bonds. The van der Waals surface area contributed by atoms with Crippen molar-refractivity contribution in [3.63, 3.8) is 0 Å². The fourth-order valence-electron chi connectivity index (χ4n) is 6.38. The molecule has 0 spiro atoms. The van der Waals surface area contributed by atoms with E-state index in [2.05, 4.69) is 71.2 Å². The fraction of sp³-hybridized carbons (Fsp3) is 0.0698. The second-order valence-electron chi connectivity index (χ2n) is 12.3. The van der Waals surface area contributed by atoms with Crippen molar-refractivity contribution in [3.8, 4) is 45.5 Å².